The molecular formula is C15H21NO4S. The Balaban J connectivity index is 1.92. The highest BCUT2D eigenvalue weighted by Gasteiger charge is 2.20. The van der Waals surface area contributed by atoms with Gasteiger partial charge in [-0.05, 0) is 30.5 Å². The highest BCUT2D eigenvalue weighted by Crippen LogP contribution is 2.14. The monoisotopic (exact) mass is 311 g/mol. The van der Waals surface area contributed by atoms with E-state index >= 15 is 0 Å². The van der Waals surface area contributed by atoms with E-state index in [0.717, 1.165) is 25.0 Å². The lowest BCUT2D eigenvalue weighted by Crippen LogP contribution is -2.35. The van der Waals surface area contributed by atoms with Crippen molar-refractivity contribution in [2.24, 2.45) is 0 Å². The minimum absolute atomic E-state index is 0.0117. The lowest BCUT2D eigenvalue weighted by Gasteiger charge is -2.20. The minimum Gasteiger partial charge on any atom is -0.376 e. The maximum absolute atomic E-state index is 12.1. The van der Waals surface area contributed by atoms with Gasteiger partial charge in [0.2, 0.25) is 5.91 Å². The number of amides is 1. The van der Waals surface area contributed by atoms with Gasteiger partial charge in [-0.3, -0.25) is 4.79 Å². The van der Waals surface area contributed by atoms with E-state index in [-0.39, 0.29) is 23.3 Å². The zero-order valence-corrected chi connectivity index (χ0v) is 13.2. The Morgan fingerprint density at radius 3 is 2.52 bits per heavy atom. The zero-order chi connectivity index (χ0) is 15.5. The largest absolute Gasteiger partial charge is 0.376 e. The van der Waals surface area contributed by atoms with Gasteiger partial charge in [-0.25, -0.2) is 8.42 Å². The zero-order valence-electron chi connectivity index (χ0n) is 12.4. The summed E-state index contributed by atoms with van der Waals surface area (Å²) in [5.41, 5.74) is 0.812. The van der Waals surface area contributed by atoms with Crippen molar-refractivity contribution in [2.75, 3.05) is 26.5 Å². The Morgan fingerprint density at radius 2 is 2.00 bits per heavy atom. The average molecular weight is 311 g/mol. The molecule has 1 saturated heterocycles. The molecule has 1 amide bonds. The summed E-state index contributed by atoms with van der Waals surface area (Å²) in [5, 5.41) is 0. The number of carbonyl (C=O) groups excluding carboxylic acids is 1. The van der Waals surface area contributed by atoms with Crippen LogP contribution in [0.15, 0.2) is 29.2 Å². The van der Waals surface area contributed by atoms with Crippen molar-refractivity contribution in [1.29, 1.82) is 0 Å². The second kappa shape index (κ2) is 6.58. The topological polar surface area (TPSA) is 63.7 Å². The highest BCUT2D eigenvalue weighted by atomic mass is 32.2. The summed E-state index contributed by atoms with van der Waals surface area (Å²) in [4.78, 5) is 14.1. The summed E-state index contributed by atoms with van der Waals surface area (Å²) >= 11 is 0. The van der Waals surface area contributed by atoms with Crippen LogP contribution in [0.25, 0.3) is 0 Å². The molecule has 0 saturated carbocycles. The molecule has 1 aromatic rings. The molecule has 2 rings (SSSR count). The molecule has 1 heterocycles. The van der Waals surface area contributed by atoms with Crippen LogP contribution >= 0.6 is 0 Å². The number of rotatable bonds is 5. The first-order chi connectivity index (χ1) is 9.86. The standard InChI is InChI=1S/C15H21NO4S/c1-16(11-13-4-3-9-20-13)15(17)10-12-5-7-14(8-6-12)21(2,18)19/h5-8,13H,3-4,9-11H2,1-2H3. The molecule has 116 valence electrons. The van der Waals surface area contributed by atoms with Crippen LogP contribution in [0.5, 0.6) is 0 Å². The van der Waals surface area contributed by atoms with Gasteiger partial charge in [0.15, 0.2) is 9.84 Å². The molecular weight excluding hydrogens is 290 g/mol. The van der Waals surface area contributed by atoms with E-state index in [0.29, 0.717) is 6.54 Å². The second-order valence-corrected chi connectivity index (χ2v) is 7.52. The summed E-state index contributed by atoms with van der Waals surface area (Å²) in [5.74, 6) is 0.0117. The summed E-state index contributed by atoms with van der Waals surface area (Å²) in [6.45, 7) is 1.39. The normalized spacial score (nSPS) is 18.7. The molecule has 1 unspecified atom stereocenters. The summed E-state index contributed by atoms with van der Waals surface area (Å²) in [6.07, 6.45) is 3.64. The van der Waals surface area contributed by atoms with Crippen molar-refractivity contribution in [1.82, 2.24) is 4.90 Å². The molecule has 0 spiro atoms. The molecule has 1 aliphatic heterocycles. The van der Waals surface area contributed by atoms with Crippen LogP contribution in [0, 0.1) is 0 Å². The van der Waals surface area contributed by atoms with Crippen LogP contribution in [-0.4, -0.2) is 51.8 Å². The molecule has 0 aromatic heterocycles. The molecule has 1 fully saturated rings. The van der Waals surface area contributed by atoms with Gasteiger partial charge in [0.1, 0.15) is 0 Å². The molecule has 0 N–H and O–H groups in total. The fourth-order valence-corrected chi connectivity index (χ4v) is 2.99. The second-order valence-electron chi connectivity index (χ2n) is 5.50. The fraction of sp³-hybridized carbons (Fsp3) is 0.533. The van der Waals surface area contributed by atoms with Crippen molar-refractivity contribution in [3.8, 4) is 0 Å². The first-order valence-corrected chi connectivity index (χ1v) is 8.90. The lowest BCUT2D eigenvalue weighted by molar-refractivity contribution is -0.130. The van der Waals surface area contributed by atoms with E-state index in [1.54, 1.807) is 24.1 Å². The third kappa shape index (κ3) is 4.54. The van der Waals surface area contributed by atoms with Crippen LogP contribution in [0.3, 0.4) is 0 Å². The molecule has 0 radical (unpaired) electrons. The maximum Gasteiger partial charge on any atom is 0.226 e. The van der Waals surface area contributed by atoms with Gasteiger partial charge >= 0.3 is 0 Å². The Kier molecular flexibility index (Phi) is 5.00. The van der Waals surface area contributed by atoms with Crippen molar-refractivity contribution in [3.63, 3.8) is 0 Å². The van der Waals surface area contributed by atoms with Gasteiger partial charge in [0, 0.05) is 26.5 Å². The van der Waals surface area contributed by atoms with Crippen LogP contribution in [0.1, 0.15) is 18.4 Å². The molecule has 5 nitrogen and oxygen atoms in total. The minimum atomic E-state index is -3.19. The average Bonchev–Trinajstić information content (AvgIpc) is 2.91. The molecule has 0 bridgehead atoms. The molecule has 6 heteroatoms. The molecule has 1 aromatic carbocycles. The quantitative estimate of drug-likeness (QED) is 0.821. The van der Waals surface area contributed by atoms with E-state index < -0.39 is 9.84 Å². The molecule has 1 atom stereocenters. The summed E-state index contributed by atoms with van der Waals surface area (Å²) < 4.78 is 28.3. The van der Waals surface area contributed by atoms with Gasteiger partial charge in [0.05, 0.1) is 17.4 Å². The SMILES string of the molecule is CN(CC1CCCO1)C(=O)Cc1ccc(S(C)(=O)=O)cc1. The Morgan fingerprint density at radius 1 is 1.33 bits per heavy atom. The van der Waals surface area contributed by atoms with Crippen LogP contribution in [-0.2, 0) is 25.8 Å². The molecule has 21 heavy (non-hydrogen) atoms. The third-order valence-electron chi connectivity index (χ3n) is 3.63. The van der Waals surface area contributed by atoms with Crippen LogP contribution < -0.4 is 0 Å². The Bertz CT molecular complexity index is 589. The van der Waals surface area contributed by atoms with Crippen molar-refractivity contribution in [2.45, 2.75) is 30.3 Å². The van der Waals surface area contributed by atoms with Crippen LogP contribution in [0.2, 0.25) is 0 Å². The summed E-state index contributed by atoms with van der Waals surface area (Å²) in [7, 11) is -1.42. The maximum atomic E-state index is 12.1. The smallest absolute Gasteiger partial charge is 0.226 e. The number of hydrogen-bond donors (Lipinski definition) is 0. The van der Waals surface area contributed by atoms with Crippen molar-refractivity contribution < 1.29 is 17.9 Å². The lowest BCUT2D eigenvalue weighted by atomic mass is 10.1. The van der Waals surface area contributed by atoms with E-state index in [1.165, 1.54) is 18.4 Å². The fourth-order valence-electron chi connectivity index (χ4n) is 2.36. The molecule has 1 aliphatic rings. The van der Waals surface area contributed by atoms with Gasteiger partial charge < -0.3 is 9.64 Å². The van der Waals surface area contributed by atoms with Crippen LogP contribution in [0.4, 0.5) is 0 Å². The molecule has 0 aliphatic carbocycles. The highest BCUT2D eigenvalue weighted by molar-refractivity contribution is 7.90. The Hall–Kier alpha value is -1.40. The van der Waals surface area contributed by atoms with Gasteiger partial charge in [-0.2, -0.15) is 0 Å². The Labute approximate surface area is 125 Å². The van der Waals surface area contributed by atoms with E-state index in [1.807, 2.05) is 0 Å². The van der Waals surface area contributed by atoms with Gasteiger partial charge in [0.25, 0.3) is 0 Å². The number of ether oxygens (including phenoxy) is 1. The van der Waals surface area contributed by atoms with Crippen molar-refractivity contribution in [3.05, 3.63) is 29.8 Å². The number of carbonyl (C=O) groups is 1. The van der Waals surface area contributed by atoms with Crippen molar-refractivity contribution >= 4 is 15.7 Å². The first-order valence-electron chi connectivity index (χ1n) is 7.01. The number of nitrogens with zero attached hydrogens (tertiary/aromatic N) is 1. The van der Waals surface area contributed by atoms with Gasteiger partial charge in [-0.1, -0.05) is 12.1 Å². The van der Waals surface area contributed by atoms with E-state index in [9.17, 15) is 13.2 Å². The number of sulfone groups is 1. The van der Waals surface area contributed by atoms with Gasteiger partial charge in [-0.15, -0.1) is 0 Å². The third-order valence-corrected chi connectivity index (χ3v) is 4.76. The number of hydrogen-bond acceptors (Lipinski definition) is 4. The van der Waals surface area contributed by atoms with E-state index in [2.05, 4.69) is 0 Å². The number of benzene rings is 1. The number of likely N-dealkylation sites (N-methyl/N-ethyl adjacent to an activating group) is 1. The first kappa shape index (κ1) is 16.0. The van der Waals surface area contributed by atoms with E-state index in [4.69, 9.17) is 4.74 Å². The predicted octanol–water partition coefficient (Wildman–Crippen LogP) is 1.27. The predicted molar refractivity (Wildman–Crippen MR) is 79.9 cm³/mol. The summed E-state index contributed by atoms with van der Waals surface area (Å²) in [6, 6.07) is 6.46.